The van der Waals surface area contributed by atoms with E-state index >= 15 is 0 Å². The van der Waals surface area contributed by atoms with Gasteiger partial charge < -0.3 is 0 Å². The van der Waals surface area contributed by atoms with Crippen molar-refractivity contribution in [2.75, 3.05) is 0 Å². The van der Waals surface area contributed by atoms with Gasteiger partial charge in [0.05, 0.1) is 15.7 Å². The molecule has 20 heavy (non-hydrogen) atoms. The molecular formula is C16H24ClNOS. The van der Waals surface area contributed by atoms with Crippen LogP contribution in [0, 0.1) is 12.8 Å². The fourth-order valence-electron chi connectivity index (χ4n) is 2.36. The number of hydrogen-bond acceptors (Lipinski definition) is 1. The molecule has 1 aromatic rings. The van der Waals surface area contributed by atoms with Gasteiger partial charge in [-0.3, -0.25) is 0 Å². The average molecular weight is 314 g/mol. The molecule has 112 valence electrons. The third-order valence-electron chi connectivity index (χ3n) is 3.95. The molecule has 0 unspecified atom stereocenters. The molecule has 0 spiro atoms. The molecule has 0 heterocycles. The minimum absolute atomic E-state index is 0.166. The predicted octanol–water partition coefficient (Wildman–Crippen LogP) is 4.54. The van der Waals surface area contributed by atoms with Crippen LogP contribution >= 0.6 is 11.6 Å². The highest BCUT2D eigenvalue weighted by Crippen LogP contribution is 2.39. The molecule has 4 heteroatoms. The Balaban J connectivity index is 2.23. The van der Waals surface area contributed by atoms with Gasteiger partial charge in [0.2, 0.25) is 0 Å². The molecule has 2 atom stereocenters. The van der Waals surface area contributed by atoms with E-state index in [0.717, 1.165) is 10.6 Å². The van der Waals surface area contributed by atoms with Crippen LogP contribution in [0.25, 0.3) is 0 Å². The van der Waals surface area contributed by atoms with Gasteiger partial charge in [-0.05, 0) is 63.6 Å². The van der Waals surface area contributed by atoms with E-state index in [1.54, 1.807) is 0 Å². The lowest BCUT2D eigenvalue weighted by molar-refractivity contribution is 0.252. The van der Waals surface area contributed by atoms with Gasteiger partial charge in [-0.2, -0.15) is 0 Å². The maximum absolute atomic E-state index is 12.4. The fraction of sp³-hybridized carbons (Fsp3) is 0.625. The smallest absolute Gasteiger partial charge is 0.0976 e. The topological polar surface area (TPSA) is 29.1 Å². The second-order valence-corrected chi connectivity index (χ2v) is 9.08. The highest BCUT2D eigenvalue weighted by atomic mass is 35.5. The van der Waals surface area contributed by atoms with Crippen molar-refractivity contribution >= 4 is 22.6 Å². The van der Waals surface area contributed by atoms with E-state index < -0.39 is 11.0 Å². The Labute approximate surface area is 129 Å². The van der Waals surface area contributed by atoms with Gasteiger partial charge in [-0.25, -0.2) is 8.93 Å². The second-order valence-electron chi connectivity index (χ2n) is 6.68. The van der Waals surface area contributed by atoms with Crippen LogP contribution in [0.15, 0.2) is 18.2 Å². The Bertz CT molecular complexity index is 506. The summed E-state index contributed by atoms with van der Waals surface area (Å²) in [6.45, 7) is 8.02. The number of halogens is 1. The van der Waals surface area contributed by atoms with Gasteiger partial charge >= 0.3 is 0 Å². The zero-order valence-corrected chi connectivity index (χ0v) is 14.3. The van der Waals surface area contributed by atoms with Crippen LogP contribution < -0.4 is 4.72 Å². The zero-order chi connectivity index (χ0) is 14.9. The van der Waals surface area contributed by atoms with Crippen molar-refractivity contribution in [1.29, 1.82) is 0 Å². The normalized spacial score (nSPS) is 19.4. The summed E-state index contributed by atoms with van der Waals surface area (Å²) >= 11 is 6.11. The molecule has 2 rings (SSSR count). The van der Waals surface area contributed by atoms with Crippen LogP contribution in [0.2, 0.25) is 5.02 Å². The molecule has 0 saturated heterocycles. The number of benzene rings is 1. The van der Waals surface area contributed by atoms with E-state index in [0.29, 0.717) is 5.92 Å². The molecule has 1 aromatic carbocycles. The number of rotatable bonds is 4. The van der Waals surface area contributed by atoms with E-state index in [-0.39, 0.29) is 10.8 Å². The van der Waals surface area contributed by atoms with Crippen molar-refractivity contribution in [1.82, 2.24) is 4.72 Å². The molecule has 1 aliphatic rings. The van der Waals surface area contributed by atoms with Crippen molar-refractivity contribution < 1.29 is 4.21 Å². The summed E-state index contributed by atoms with van der Waals surface area (Å²) in [6.07, 6.45) is 3.69. The number of nitrogens with one attached hydrogen (secondary N) is 1. The summed E-state index contributed by atoms with van der Waals surface area (Å²) in [7, 11) is -1.05. The number of aryl methyl sites for hydroxylation is 1. The first-order valence-corrected chi connectivity index (χ1v) is 8.76. The first-order valence-electron chi connectivity index (χ1n) is 7.23. The monoisotopic (exact) mass is 313 g/mol. The van der Waals surface area contributed by atoms with Crippen molar-refractivity contribution in [3.63, 3.8) is 0 Å². The van der Waals surface area contributed by atoms with Crippen LogP contribution in [0.4, 0.5) is 0 Å². The van der Waals surface area contributed by atoms with Gasteiger partial charge in [0.1, 0.15) is 0 Å². The summed E-state index contributed by atoms with van der Waals surface area (Å²) in [5.41, 5.74) is 2.28. The van der Waals surface area contributed by atoms with Crippen molar-refractivity contribution in [3.8, 4) is 0 Å². The van der Waals surface area contributed by atoms with Crippen LogP contribution in [0.3, 0.4) is 0 Å². The Morgan fingerprint density at radius 3 is 2.45 bits per heavy atom. The predicted molar refractivity (Wildman–Crippen MR) is 87.3 cm³/mol. The molecular weight excluding hydrogens is 290 g/mol. The maximum atomic E-state index is 12.4. The molecule has 0 aliphatic heterocycles. The van der Waals surface area contributed by atoms with E-state index in [1.807, 2.05) is 33.8 Å². The molecule has 0 amide bonds. The van der Waals surface area contributed by atoms with E-state index in [1.165, 1.54) is 24.8 Å². The van der Waals surface area contributed by atoms with E-state index in [4.69, 9.17) is 11.6 Å². The molecule has 0 aromatic heterocycles. The van der Waals surface area contributed by atoms with E-state index in [9.17, 15) is 4.21 Å². The molecule has 1 aliphatic carbocycles. The van der Waals surface area contributed by atoms with Crippen molar-refractivity contribution in [3.05, 3.63) is 34.3 Å². The standard InChI is InChI=1S/C16H24ClNOS/c1-11-10-13(8-9-14(11)17)15(12-6-5-7-12)18-20(19)16(2,3)4/h8-10,12,15,18H,5-7H2,1-4H3/t15-,20+/m1/s1. The van der Waals surface area contributed by atoms with Crippen LogP contribution in [0.5, 0.6) is 0 Å². The summed E-state index contributed by atoms with van der Waals surface area (Å²) in [5, 5.41) is 0.790. The Hall–Kier alpha value is -0.380. The SMILES string of the molecule is Cc1cc([C@H](N[S@@](=O)C(C)(C)C)C2CCC2)ccc1Cl. The molecule has 1 saturated carbocycles. The largest absolute Gasteiger partial charge is 0.242 e. The van der Waals surface area contributed by atoms with Gasteiger partial charge in [0.15, 0.2) is 0 Å². The Morgan fingerprint density at radius 1 is 1.35 bits per heavy atom. The van der Waals surface area contributed by atoms with Gasteiger partial charge in [0.25, 0.3) is 0 Å². The summed E-state index contributed by atoms with van der Waals surface area (Å²) in [6, 6.07) is 6.29. The van der Waals surface area contributed by atoms with Crippen LogP contribution in [-0.2, 0) is 11.0 Å². The minimum atomic E-state index is -1.05. The summed E-state index contributed by atoms with van der Waals surface area (Å²) < 4.78 is 15.5. The average Bonchev–Trinajstić information content (AvgIpc) is 2.28. The Kier molecular flexibility index (Phi) is 4.93. The van der Waals surface area contributed by atoms with Gasteiger partial charge in [0, 0.05) is 11.1 Å². The molecule has 1 fully saturated rings. The lowest BCUT2D eigenvalue weighted by Crippen LogP contribution is -2.40. The number of hydrogen-bond donors (Lipinski definition) is 1. The Morgan fingerprint density at radius 2 is 2.00 bits per heavy atom. The van der Waals surface area contributed by atoms with Gasteiger partial charge in [-0.15, -0.1) is 0 Å². The lowest BCUT2D eigenvalue weighted by Gasteiger charge is -2.36. The fourth-order valence-corrected chi connectivity index (χ4v) is 3.39. The molecule has 0 bridgehead atoms. The van der Waals surface area contributed by atoms with Crippen molar-refractivity contribution in [2.24, 2.45) is 5.92 Å². The van der Waals surface area contributed by atoms with Crippen molar-refractivity contribution in [2.45, 2.75) is 57.7 Å². The van der Waals surface area contributed by atoms with Crippen LogP contribution in [0.1, 0.15) is 57.2 Å². The third-order valence-corrected chi connectivity index (χ3v) is 5.96. The first kappa shape index (κ1) is 16.0. The maximum Gasteiger partial charge on any atom is 0.0976 e. The highest BCUT2D eigenvalue weighted by Gasteiger charge is 2.32. The van der Waals surface area contributed by atoms with Gasteiger partial charge in [-0.1, -0.05) is 30.2 Å². The second kappa shape index (κ2) is 6.17. The molecule has 1 N–H and O–H groups in total. The third kappa shape index (κ3) is 3.63. The molecule has 0 radical (unpaired) electrons. The quantitative estimate of drug-likeness (QED) is 0.868. The highest BCUT2D eigenvalue weighted by molar-refractivity contribution is 7.84. The van der Waals surface area contributed by atoms with Crippen LogP contribution in [-0.4, -0.2) is 8.96 Å². The first-order chi connectivity index (χ1) is 9.29. The lowest BCUT2D eigenvalue weighted by atomic mass is 9.77. The zero-order valence-electron chi connectivity index (χ0n) is 12.7. The minimum Gasteiger partial charge on any atom is -0.242 e. The summed E-state index contributed by atoms with van der Waals surface area (Å²) in [4.78, 5) is 0. The summed E-state index contributed by atoms with van der Waals surface area (Å²) in [5.74, 6) is 0.585. The molecule has 2 nitrogen and oxygen atoms in total. The van der Waals surface area contributed by atoms with E-state index in [2.05, 4.69) is 16.9 Å².